The van der Waals surface area contributed by atoms with Crippen molar-refractivity contribution in [2.24, 2.45) is 0 Å². The maximum absolute atomic E-state index is 13.5. The molecule has 0 aliphatic heterocycles. The molecule has 3 nitrogen and oxygen atoms in total. The van der Waals surface area contributed by atoms with Gasteiger partial charge >= 0.3 is 6.61 Å². The SMILES string of the molecule is O=C(CCc1ccc(F)c(F)c1)C(COC(F)F)N(Cc1ccccc1)Cc1ccccc1. The molecular formula is C26H25F4NO2. The van der Waals surface area contributed by atoms with Crippen LogP contribution in [0.1, 0.15) is 23.1 Å². The number of Topliss-reactive ketones (excluding diaryl/α,β-unsaturated/α-hetero) is 1. The van der Waals surface area contributed by atoms with E-state index in [-0.39, 0.29) is 18.6 Å². The second-order valence-electron chi connectivity index (χ2n) is 7.70. The lowest BCUT2D eigenvalue weighted by atomic mass is 10.0. The summed E-state index contributed by atoms with van der Waals surface area (Å²) in [5.74, 6) is -2.27. The Morgan fingerprint density at radius 3 is 1.88 bits per heavy atom. The molecule has 0 saturated heterocycles. The zero-order chi connectivity index (χ0) is 23.6. The smallest absolute Gasteiger partial charge is 0.321 e. The van der Waals surface area contributed by atoms with Gasteiger partial charge in [-0.15, -0.1) is 0 Å². The highest BCUT2D eigenvalue weighted by Crippen LogP contribution is 2.18. The molecule has 174 valence electrons. The molecule has 0 fully saturated rings. The Hall–Kier alpha value is -3.03. The monoisotopic (exact) mass is 459 g/mol. The van der Waals surface area contributed by atoms with Crippen LogP contribution < -0.4 is 0 Å². The van der Waals surface area contributed by atoms with Crippen molar-refractivity contribution in [2.45, 2.75) is 38.6 Å². The summed E-state index contributed by atoms with van der Waals surface area (Å²) in [5.41, 5.74) is 2.29. The molecule has 0 amide bonds. The Morgan fingerprint density at radius 2 is 1.36 bits per heavy atom. The number of nitrogens with zero attached hydrogens (tertiary/aromatic N) is 1. The van der Waals surface area contributed by atoms with Gasteiger partial charge in [-0.2, -0.15) is 8.78 Å². The molecule has 7 heteroatoms. The quantitative estimate of drug-likeness (QED) is 0.322. The Morgan fingerprint density at radius 1 is 0.788 bits per heavy atom. The number of ether oxygens (including phenoxy) is 1. The molecule has 3 aromatic carbocycles. The van der Waals surface area contributed by atoms with Crippen LogP contribution in [0.15, 0.2) is 78.9 Å². The van der Waals surface area contributed by atoms with E-state index in [1.54, 1.807) is 4.90 Å². The van der Waals surface area contributed by atoms with Gasteiger partial charge in [-0.25, -0.2) is 8.78 Å². The fraction of sp³-hybridized carbons (Fsp3) is 0.269. The minimum atomic E-state index is -3.01. The third kappa shape index (κ3) is 7.80. The van der Waals surface area contributed by atoms with E-state index in [4.69, 9.17) is 0 Å². The molecule has 0 spiro atoms. The van der Waals surface area contributed by atoms with Crippen molar-refractivity contribution in [3.63, 3.8) is 0 Å². The molecule has 0 bridgehead atoms. The van der Waals surface area contributed by atoms with Gasteiger partial charge in [-0.3, -0.25) is 9.69 Å². The molecule has 0 saturated carbocycles. The van der Waals surface area contributed by atoms with E-state index in [0.29, 0.717) is 18.7 Å². The first-order valence-electron chi connectivity index (χ1n) is 10.6. The third-order valence-electron chi connectivity index (χ3n) is 5.29. The van der Waals surface area contributed by atoms with Gasteiger partial charge in [-0.1, -0.05) is 66.7 Å². The van der Waals surface area contributed by atoms with Crippen LogP contribution in [-0.4, -0.2) is 29.9 Å². The van der Waals surface area contributed by atoms with E-state index < -0.39 is 30.9 Å². The van der Waals surface area contributed by atoms with E-state index in [1.807, 2.05) is 60.7 Å². The van der Waals surface area contributed by atoms with E-state index in [1.165, 1.54) is 6.07 Å². The topological polar surface area (TPSA) is 29.5 Å². The predicted molar refractivity (Wildman–Crippen MR) is 118 cm³/mol. The number of ketones is 1. The van der Waals surface area contributed by atoms with Gasteiger partial charge in [0.05, 0.1) is 12.6 Å². The van der Waals surface area contributed by atoms with Gasteiger partial charge in [0.15, 0.2) is 17.4 Å². The average molecular weight is 459 g/mol. The number of carbonyl (C=O) groups is 1. The number of hydrogen-bond donors (Lipinski definition) is 0. The van der Waals surface area contributed by atoms with E-state index in [0.717, 1.165) is 23.3 Å². The Kier molecular flexibility index (Phi) is 9.15. The van der Waals surface area contributed by atoms with Gasteiger partial charge in [0, 0.05) is 19.5 Å². The van der Waals surface area contributed by atoms with Gasteiger partial charge in [0.1, 0.15) is 0 Å². The van der Waals surface area contributed by atoms with Crippen LogP contribution >= 0.6 is 0 Å². The number of rotatable bonds is 12. The second-order valence-corrected chi connectivity index (χ2v) is 7.70. The molecule has 0 aliphatic rings. The van der Waals surface area contributed by atoms with Crippen LogP contribution in [0, 0.1) is 11.6 Å². The van der Waals surface area contributed by atoms with Crippen molar-refractivity contribution in [1.82, 2.24) is 4.90 Å². The number of aryl methyl sites for hydroxylation is 1. The standard InChI is InChI=1S/C26H25F4NO2/c27-22-13-11-19(15-23(22)28)12-14-25(32)24(18-33-26(29)30)31(16-20-7-3-1-4-8-20)17-21-9-5-2-6-10-21/h1-11,13,15,24,26H,12,14,16-18H2. The number of hydrogen-bond acceptors (Lipinski definition) is 3. The molecule has 1 unspecified atom stereocenters. The molecule has 3 aromatic rings. The summed E-state index contributed by atoms with van der Waals surface area (Å²) in [6.45, 7) is -2.79. The Balaban J connectivity index is 1.81. The van der Waals surface area contributed by atoms with Crippen LogP contribution in [-0.2, 0) is 29.0 Å². The van der Waals surface area contributed by atoms with E-state index in [9.17, 15) is 22.4 Å². The van der Waals surface area contributed by atoms with Crippen molar-refractivity contribution in [3.8, 4) is 0 Å². The average Bonchev–Trinajstić information content (AvgIpc) is 2.81. The largest absolute Gasteiger partial charge is 0.345 e. The van der Waals surface area contributed by atoms with E-state index in [2.05, 4.69) is 4.74 Å². The normalized spacial score (nSPS) is 12.3. The number of carbonyl (C=O) groups excluding carboxylic acids is 1. The third-order valence-corrected chi connectivity index (χ3v) is 5.29. The van der Waals surface area contributed by atoms with Crippen molar-refractivity contribution >= 4 is 5.78 Å². The molecule has 33 heavy (non-hydrogen) atoms. The molecule has 0 aliphatic carbocycles. The number of benzene rings is 3. The zero-order valence-corrected chi connectivity index (χ0v) is 18.0. The fourth-order valence-corrected chi connectivity index (χ4v) is 3.61. The van der Waals surface area contributed by atoms with Gasteiger partial charge in [0.2, 0.25) is 0 Å². The van der Waals surface area contributed by atoms with Gasteiger partial charge in [-0.05, 0) is 35.2 Å². The fourth-order valence-electron chi connectivity index (χ4n) is 3.61. The highest BCUT2D eigenvalue weighted by atomic mass is 19.3. The first-order valence-corrected chi connectivity index (χ1v) is 10.6. The number of halogens is 4. The maximum Gasteiger partial charge on any atom is 0.345 e. The molecule has 0 heterocycles. The maximum atomic E-state index is 13.5. The van der Waals surface area contributed by atoms with Crippen molar-refractivity contribution in [3.05, 3.63) is 107 Å². The summed E-state index contributed by atoms with van der Waals surface area (Å²) in [7, 11) is 0. The molecular weight excluding hydrogens is 434 g/mol. The number of alkyl halides is 2. The lowest BCUT2D eigenvalue weighted by Crippen LogP contribution is -2.44. The molecule has 1 atom stereocenters. The lowest BCUT2D eigenvalue weighted by Gasteiger charge is -2.31. The molecule has 0 aromatic heterocycles. The Labute approximate surface area is 190 Å². The van der Waals surface area contributed by atoms with Crippen LogP contribution in [0.25, 0.3) is 0 Å². The molecule has 0 N–H and O–H groups in total. The van der Waals surface area contributed by atoms with Crippen LogP contribution in [0.3, 0.4) is 0 Å². The minimum absolute atomic E-state index is 0.0254. The predicted octanol–water partition coefficient (Wildman–Crippen LogP) is 5.78. The van der Waals surface area contributed by atoms with Crippen LogP contribution in [0.2, 0.25) is 0 Å². The summed E-state index contributed by atoms with van der Waals surface area (Å²) in [6.07, 6.45) is 0.133. The van der Waals surface area contributed by atoms with Crippen molar-refractivity contribution in [2.75, 3.05) is 6.61 Å². The van der Waals surface area contributed by atoms with Gasteiger partial charge < -0.3 is 4.74 Å². The van der Waals surface area contributed by atoms with Crippen molar-refractivity contribution < 1.29 is 27.1 Å². The Bertz CT molecular complexity index is 974. The zero-order valence-electron chi connectivity index (χ0n) is 18.0. The summed E-state index contributed by atoms with van der Waals surface area (Å²) < 4.78 is 57.0. The van der Waals surface area contributed by atoms with Gasteiger partial charge in [0.25, 0.3) is 0 Å². The van der Waals surface area contributed by atoms with Crippen LogP contribution in [0.4, 0.5) is 17.6 Å². The second kappa shape index (κ2) is 12.3. The summed E-state index contributed by atoms with van der Waals surface area (Å²) in [6, 6.07) is 21.3. The first kappa shape index (κ1) is 24.6. The van der Waals surface area contributed by atoms with Crippen LogP contribution in [0.5, 0.6) is 0 Å². The first-order chi connectivity index (χ1) is 15.9. The minimum Gasteiger partial charge on any atom is -0.321 e. The molecule has 0 radical (unpaired) electrons. The highest BCUT2D eigenvalue weighted by Gasteiger charge is 2.27. The summed E-state index contributed by atoms with van der Waals surface area (Å²) in [5, 5.41) is 0. The summed E-state index contributed by atoms with van der Waals surface area (Å²) >= 11 is 0. The van der Waals surface area contributed by atoms with Crippen molar-refractivity contribution in [1.29, 1.82) is 0 Å². The lowest BCUT2D eigenvalue weighted by molar-refractivity contribution is -0.151. The summed E-state index contributed by atoms with van der Waals surface area (Å²) in [4.78, 5) is 15.0. The highest BCUT2D eigenvalue weighted by molar-refractivity contribution is 5.84. The molecule has 3 rings (SSSR count). The van der Waals surface area contributed by atoms with E-state index >= 15 is 0 Å².